The number of nitrogens with zero attached hydrogens (tertiary/aromatic N) is 2. The summed E-state index contributed by atoms with van der Waals surface area (Å²) < 4.78 is 16.3. The number of para-hydroxylation sites is 1. The highest BCUT2D eigenvalue weighted by Crippen LogP contribution is 2.30. The molecule has 2 N–H and O–H groups in total. The van der Waals surface area contributed by atoms with Crippen molar-refractivity contribution in [2.24, 2.45) is 4.99 Å². The molecule has 1 unspecified atom stereocenters. The van der Waals surface area contributed by atoms with E-state index in [4.69, 9.17) is 14.2 Å². The van der Waals surface area contributed by atoms with Gasteiger partial charge >= 0.3 is 0 Å². The average Bonchev–Trinajstić information content (AvgIpc) is 2.86. The van der Waals surface area contributed by atoms with E-state index in [1.165, 1.54) is 24.8 Å². The van der Waals surface area contributed by atoms with Gasteiger partial charge in [-0.1, -0.05) is 30.7 Å². The molecular formula is C25H37IN4O3. The lowest BCUT2D eigenvalue weighted by molar-refractivity contribution is 0.164. The Hall–Kier alpha value is -2.20. The molecule has 0 bridgehead atoms. The fourth-order valence-corrected chi connectivity index (χ4v) is 4.20. The Morgan fingerprint density at radius 1 is 0.939 bits per heavy atom. The molecule has 0 radical (unpaired) electrons. The van der Waals surface area contributed by atoms with E-state index in [9.17, 15) is 0 Å². The molecule has 1 aliphatic rings. The SMILES string of the molecule is CN=C(NCc1cccc(OC)c1OC)NCC(c1ccc(OC)cc1)N1CCCCC1.I. The third kappa shape index (κ3) is 7.40. The molecule has 33 heavy (non-hydrogen) atoms. The molecule has 2 aromatic rings. The maximum atomic E-state index is 5.55. The zero-order valence-corrected chi connectivity index (χ0v) is 22.4. The Labute approximate surface area is 214 Å². The predicted octanol–water partition coefficient (Wildman–Crippen LogP) is 4.22. The minimum Gasteiger partial charge on any atom is -0.497 e. The van der Waals surface area contributed by atoms with Crippen molar-refractivity contribution >= 4 is 29.9 Å². The summed E-state index contributed by atoms with van der Waals surface area (Å²) >= 11 is 0. The van der Waals surface area contributed by atoms with E-state index in [1.807, 2.05) is 30.3 Å². The molecule has 1 aliphatic heterocycles. The van der Waals surface area contributed by atoms with Crippen LogP contribution in [0.4, 0.5) is 0 Å². The average molecular weight is 569 g/mol. The van der Waals surface area contributed by atoms with Gasteiger partial charge in [0.2, 0.25) is 0 Å². The summed E-state index contributed by atoms with van der Waals surface area (Å²) in [6.45, 7) is 3.58. The van der Waals surface area contributed by atoms with Crippen LogP contribution in [0.3, 0.4) is 0 Å². The highest BCUT2D eigenvalue weighted by molar-refractivity contribution is 14.0. The van der Waals surface area contributed by atoms with E-state index >= 15 is 0 Å². The van der Waals surface area contributed by atoms with Crippen LogP contribution < -0.4 is 24.8 Å². The number of nitrogens with one attached hydrogen (secondary N) is 2. The van der Waals surface area contributed by atoms with Gasteiger partial charge in [0.1, 0.15) is 5.75 Å². The van der Waals surface area contributed by atoms with Crippen LogP contribution in [0.2, 0.25) is 0 Å². The topological polar surface area (TPSA) is 67.4 Å². The molecule has 182 valence electrons. The molecule has 1 heterocycles. The van der Waals surface area contributed by atoms with Crippen LogP contribution in [0.15, 0.2) is 47.5 Å². The van der Waals surface area contributed by atoms with E-state index in [-0.39, 0.29) is 30.0 Å². The lowest BCUT2D eigenvalue weighted by atomic mass is 10.0. The third-order valence-corrected chi connectivity index (χ3v) is 5.95. The Morgan fingerprint density at radius 2 is 1.67 bits per heavy atom. The van der Waals surface area contributed by atoms with Gasteiger partial charge in [0.15, 0.2) is 17.5 Å². The number of piperidine rings is 1. The van der Waals surface area contributed by atoms with Crippen LogP contribution in [0, 0.1) is 0 Å². The van der Waals surface area contributed by atoms with Crippen molar-refractivity contribution in [3.8, 4) is 17.2 Å². The van der Waals surface area contributed by atoms with Crippen molar-refractivity contribution < 1.29 is 14.2 Å². The number of benzene rings is 2. The zero-order chi connectivity index (χ0) is 22.8. The van der Waals surface area contributed by atoms with E-state index in [2.05, 4.69) is 32.7 Å². The summed E-state index contributed by atoms with van der Waals surface area (Å²) in [6.07, 6.45) is 3.80. The van der Waals surface area contributed by atoms with Crippen molar-refractivity contribution in [3.63, 3.8) is 0 Å². The van der Waals surface area contributed by atoms with Crippen LogP contribution in [0.5, 0.6) is 17.2 Å². The monoisotopic (exact) mass is 568 g/mol. The molecule has 7 nitrogen and oxygen atoms in total. The van der Waals surface area contributed by atoms with E-state index in [0.717, 1.165) is 48.4 Å². The second-order valence-electron chi connectivity index (χ2n) is 7.84. The molecule has 3 rings (SSSR count). The standard InChI is InChI=1S/C25H36N4O3.HI/c1-26-25(27-17-20-9-8-10-23(31-3)24(20)32-4)28-18-22(29-15-6-5-7-16-29)19-11-13-21(30-2)14-12-19;/h8-14,22H,5-7,15-18H2,1-4H3,(H2,26,27,28);1H. The summed E-state index contributed by atoms with van der Waals surface area (Å²) in [5, 5.41) is 6.93. The number of halogens is 1. The largest absolute Gasteiger partial charge is 0.497 e. The quantitative estimate of drug-likeness (QED) is 0.268. The van der Waals surface area contributed by atoms with Crippen molar-refractivity contribution in [2.75, 3.05) is 48.0 Å². The minimum atomic E-state index is 0. The number of rotatable bonds is 9. The molecule has 1 fully saturated rings. The summed E-state index contributed by atoms with van der Waals surface area (Å²) in [5.41, 5.74) is 2.29. The molecule has 0 saturated carbocycles. The van der Waals surface area contributed by atoms with Gasteiger partial charge in [-0.3, -0.25) is 9.89 Å². The van der Waals surface area contributed by atoms with Crippen molar-refractivity contribution in [1.82, 2.24) is 15.5 Å². The third-order valence-electron chi connectivity index (χ3n) is 5.95. The molecular weight excluding hydrogens is 531 g/mol. The van der Waals surface area contributed by atoms with Gasteiger partial charge < -0.3 is 24.8 Å². The Balaban J connectivity index is 0.00000385. The molecule has 0 spiro atoms. The summed E-state index contributed by atoms with van der Waals surface area (Å²) in [5.74, 6) is 3.09. The summed E-state index contributed by atoms with van der Waals surface area (Å²) in [6, 6.07) is 14.6. The molecule has 8 heteroatoms. The molecule has 1 atom stereocenters. The molecule has 1 saturated heterocycles. The first-order chi connectivity index (χ1) is 15.7. The summed E-state index contributed by atoms with van der Waals surface area (Å²) in [4.78, 5) is 6.99. The van der Waals surface area contributed by atoms with Gasteiger partial charge in [-0.2, -0.15) is 0 Å². The van der Waals surface area contributed by atoms with E-state index in [1.54, 1.807) is 28.4 Å². The fraction of sp³-hybridized carbons (Fsp3) is 0.480. The highest BCUT2D eigenvalue weighted by atomic mass is 127. The number of ether oxygens (including phenoxy) is 3. The first-order valence-electron chi connectivity index (χ1n) is 11.2. The van der Waals surface area contributed by atoms with E-state index < -0.39 is 0 Å². The molecule has 0 aromatic heterocycles. The number of aliphatic imine (C=N–C) groups is 1. The van der Waals surface area contributed by atoms with Gasteiger partial charge in [0.05, 0.1) is 27.4 Å². The Bertz CT molecular complexity index is 870. The van der Waals surface area contributed by atoms with Crippen molar-refractivity contribution in [3.05, 3.63) is 53.6 Å². The van der Waals surface area contributed by atoms with Gasteiger partial charge in [0, 0.05) is 25.7 Å². The molecule has 0 amide bonds. The van der Waals surface area contributed by atoms with Gasteiger partial charge in [0.25, 0.3) is 0 Å². The maximum absolute atomic E-state index is 5.55. The first-order valence-corrected chi connectivity index (χ1v) is 11.2. The van der Waals surface area contributed by atoms with Crippen LogP contribution >= 0.6 is 24.0 Å². The fourth-order valence-electron chi connectivity index (χ4n) is 4.20. The predicted molar refractivity (Wildman–Crippen MR) is 144 cm³/mol. The molecule has 2 aromatic carbocycles. The number of methoxy groups -OCH3 is 3. The highest BCUT2D eigenvalue weighted by Gasteiger charge is 2.22. The number of guanidine groups is 1. The maximum Gasteiger partial charge on any atom is 0.191 e. The van der Waals surface area contributed by atoms with Gasteiger partial charge in [-0.05, 0) is 49.7 Å². The van der Waals surface area contributed by atoms with Gasteiger partial charge in [-0.25, -0.2) is 0 Å². The van der Waals surface area contributed by atoms with E-state index in [0.29, 0.717) is 6.54 Å². The lowest BCUT2D eigenvalue weighted by Crippen LogP contribution is -2.44. The minimum absolute atomic E-state index is 0. The first kappa shape index (κ1) is 27.0. The Morgan fingerprint density at radius 3 is 2.27 bits per heavy atom. The molecule has 0 aliphatic carbocycles. The second-order valence-corrected chi connectivity index (χ2v) is 7.84. The van der Waals surface area contributed by atoms with Crippen LogP contribution in [0.25, 0.3) is 0 Å². The second kappa shape index (κ2) is 14.1. The van der Waals surface area contributed by atoms with Crippen LogP contribution in [-0.4, -0.2) is 58.9 Å². The number of likely N-dealkylation sites (tertiary alicyclic amines) is 1. The zero-order valence-electron chi connectivity index (χ0n) is 20.1. The number of hydrogen-bond acceptors (Lipinski definition) is 5. The van der Waals surface area contributed by atoms with Crippen molar-refractivity contribution in [2.45, 2.75) is 31.8 Å². The van der Waals surface area contributed by atoms with Crippen molar-refractivity contribution in [1.29, 1.82) is 0 Å². The van der Waals surface area contributed by atoms with Crippen LogP contribution in [0.1, 0.15) is 36.4 Å². The number of hydrogen-bond donors (Lipinski definition) is 2. The lowest BCUT2D eigenvalue weighted by Gasteiger charge is -2.35. The Kier molecular flexibility index (Phi) is 11.6. The normalized spacial score (nSPS) is 15.2. The van der Waals surface area contributed by atoms with Crippen LogP contribution in [-0.2, 0) is 6.54 Å². The smallest absolute Gasteiger partial charge is 0.191 e. The summed E-state index contributed by atoms with van der Waals surface area (Å²) in [7, 11) is 6.80. The van der Waals surface area contributed by atoms with Gasteiger partial charge in [-0.15, -0.1) is 24.0 Å².